The fourth-order valence-corrected chi connectivity index (χ4v) is 6.31. The van der Waals surface area contributed by atoms with Crippen LogP contribution in [-0.4, -0.2) is 35.7 Å². The minimum absolute atomic E-state index is 0.0461. The predicted molar refractivity (Wildman–Crippen MR) is 115 cm³/mol. The first-order chi connectivity index (χ1) is 13.6. The maximum atomic E-state index is 13.1. The summed E-state index contributed by atoms with van der Waals surface area (Å²) in [6.07, 6.45) is 1.31. The largest absolute Gasteiger partial charge is 0.492 e. The molecule has 0 amide bonds. The number of benzene rings is 2. The number of nitrogens with one attached hydrogen (secondary N) is 1. The van der Waals surface area contributed by atoms with Crippen LogP contribution in [0.2, 0.25) is 5.02 Å². The Morgan fingerprint density at radius 1 is 1.17 bits per heavy atom. The van der Waals surface area contributed by atoms with Crippen molar-refractivity contribution >= 4 is 43.0 Å². The molecule has 7 nitrogen and oxygen atoms in total. The predicted octanol–water partition coefficient (Wildman–Crippen LogP) is 3.78. The number of sulfonamides is 2. The highest BCUT2D eigenvalue weighted by molar-refractivity contribution is 7.93. The highest BCUT2D eigenvalue weighted by atomic mass is 35.5. The van der Waals surface area contributed by atoms with Gasteiger partial charge in [0.2, 0.25) is 10.0 Å². The van der Waals surface area contributed by atoms with Gasteiger partial charge < -0.3 is 4.74 Å². The van der Waals surface area contributed by atoms with Gasteiger partial charge in [-0.3, -0.25) is 9.03 Å². The summed E-state index contributed by atoms with van der Waals surface area (Å²) in [7, 11) is -7.51. The normalized spacial score (nSPS) is 16.4. The van der Waals surface area contributed by atoms with Gasteiger partial charge in [-0.25, -0.2) is 16.8 Å². The van der Waals surface area contributed by atoms with Crippen LogP contribution in [0.4, 0.5) is 11.4 Å². The van der Waals surface area contributed by atoms with Gasteiger partial charge in [0.15, 0.2) is 0 Å². The summed E-state index contributed by atoms with van der Waals surface area (Å²) in [5.74, 6) is 0.203. The van der Waals surface area contributed by atoms with Crippen molar-refractivity contribution in [1.29, 1.82) is 0 Å². The molecule has 0 radical (unpaired) electrons. The quantitative estimate of drug-likeness (QED) is 0.711. The average Bonchev–Trinajstić information content (AvgIpc) is 2.64. The number of aryl methyl sites for hydroxylation is 1. The molecule has 2 aromatic rings. The molecule has 1 aliphatic rings. The van der Waals surface area contributed by atoms with E-state index in [0.717, 1.165) is 6.42 Å². The van der Waals surface area contributed by atoms with E-state index in [0.29, 0.717) is 34.9 Å². The lowest BCUT2D eigenvalue weighted by molar-refractivity contribution is 0.331. The number of ether oxygens (including phenoxy) is 1. The summed E-state index contributed by atoms with van der Waals surface area (Å²) < 4.78 is 60.5. The molecule has 0 atom stereocenters. The second-order valence-electron chi connectivity index (χ2n) is 6.72. The van der Waals surface area contributed by atoms with E-state index >= 15 is 0 Å². The number of hydrogen-bond donors (Lipinski definition) is 1. The van der Waals surface area contributed by atoms with Crippen molar-refractivity contribution in [2.75, 3.05) is 27.9 Å². The molecule has 158 valence electrons. The minimum atomic E-state index is -4.04. The molecule has 1 fully saturated rings. The molecule has 0 saturated carbocycles. The Hall–Kier alpha value is -1.97. The zero-order chi connectivity index (χ0) is 21.2. The Labute approximate surface area is 176 Å². The monoisotopic (exact) mass is 458 g/mol. The van der Waals surface area contributed by atoms with Crippen LogP contribution in [0.5, 0.6) is 5.75 Å². The van der Waals surface area contributed by atoms with E-state index < -0.39 is 20.0 Å². The number of hydrogen-bond acceptors (Lipinski definition) is 5. The van der Waals surface area contributed by atoms with Gasteiger partial charge in [-0.1, -0.05) is 11.6 Å². The lowest BCUT2D eigenvalue weighted by atomic mass is 10.2. The summed E-state index contributed by atoms with van der Waals surface area (Å²) in [6.45, 7) is 4.07. The van der Waals surface area contributed by atoms with Crippen LogP contribution in [0.25, 0.3) is 0 Å². The fourth-order valence-electron chi connectivity index (χ4n) is 3.16. The molecule has 0 unspecified atom stereocenters. The second-order valence-corrected chi connectivity index (χ2v) is 10.8. The molecule has 1 N–H and O–H groups in total. The Morgan fingerprint density at radius 3 is 2.59 bits per heavy atom. The van der Waals surface area contributed by atoms with Crippen molar-refractivity contribution in [2.24, 2.45) is 0 Å². The average molecular weight is 459 g/mol. The standard InChI is InChI=1S/C19H23ClN2O5S2/c1-3-27-18-9-7-16(22-10-4-5-11-28(22,23)24)13-19(18)29(25,26)21-17-8-6-15(20)12-14(17)2/h6-9,12-13,21H,3-5,10-11H2,1-2H3. The van der Waals surface area contributed by atoms with Crippen LogP contribution in [0.15, 0.2) is 41.3 Å². The highest BCUT2D eigenvalue weighted by Gasteiger charge is 2.29. The maximum absolute atomic E-state index is 13.1. The first kappa shape index (κ1) is 21.7. The molecule has 1 aliphatic heterocycles. The summed E-state index contributed by atoms with van der Waals surface area (Å²) in [6, 6.07) is 9.23. The van der Waals surface area contributed by atoms with Gasteiger partial charge in [0.1, 0.15) is 10.6 Å². The molecule has 3 rings (SSSR count). The molecule has 10 heteroatoms. The first-order valence-corrected chi connectivity index (χ1v) is 12.7. The van der Waals surface area contributed by atoms with Gasteiger partial charge >= 0.3 is 0 Å². The third-order valence-electron chi connectivity index (χ3n) is 4.59. The van der Waals surface area contributed by atoms with E-state index in [1.54, 1.807) is 38.1 Å². The summed E-state index contributed by atoms with van der Waals surface area (Å²) >= 11 is 5.95. The van der Waals surface area contributed by atoms with Crippen molar-refractivity contribution in [2.45, 2.75) is 31.6 Å². The van der Waals surface area contributed by atoms with Gasteiger partial charge in [0.05, 0.1) is 23.7 Å². The SMILES string of the molecule is CCOc1ccc(N2CCCCS2(=O)=O)cc1S(=O)(=O)Nc1ccc(Cl)cc1C. The first-order valence-electron chi connectivity index (χ1n) is 9.20. The van der Waals surface area contributed by atoms with E-state index in [9.17, 15) is 16.8 Å². The van der Waals surface area contributed by atoms with Crippen molar-refractivity contribution in [3.63, 3.8) is 0 Å². The van der Waals surface area contributed by atoms with Crippen LogP contribution in [0.1, 0.15) is 25.3 Å². The second kappa shape index (κ2) is 8.41. The molecule has 0 aliphatic carbocycles. The molecule has 29 heavy (non-hydrogen) atoms. The van der Waals surface area contributed by atoms with E-state index in [1.807, 2.05) is 0 Å². The smallest absolute Gasteiger partial charge is 0.265 e. The molecular formula is C19H23ClN2O5S2. The van der Waals surface area contributed by atoms with Crippen LogP contribution in [0, 0.1) is 6.92 Å². The fraction of sp³-hybridized carbons (Fsp3) is 0.368. The molecule has 2 aromatic carbocycles. The molecular weight excluding hydrogens is 436 g/mol. The molecule has 0 bridgehead atoms. The van der Waals surface area contributed by atoms with Crippen LogP contribution in [0.3, 0.4) is 0 Å². The number of anilines is 2. The Balaban J connectivity index is 2.05. The topological polar surface area (TPSA) is 92.8 Å². The zero-order valence-electron chi connectivity index (χ0n) is 16.2. The Kier molecular flexibility index (Phi) is 6.30. The number of rotatable bonds is 6. The summed E-state index contributed by atoms with van der Waals surface area (Å²) in [5.41, 5.74) is 1.35. The van der Waals surface area contributed by atoms with Crippen LogP contribution >= 0.6 is 11.6 Å². The van der Waals surface area contributed by atoms with Crippen molar-refractivity contribution in [1.82, 2.24) is 0 Å². The van der Waals surface area contributed by atoms with E-state index in [-0.39, 0.29) is 23.0 Å². The van der Waals surface area contributed by atoms with Gasteiger partial charge in [-0.2, -0.15) is 0 Å². The summed E-state index contributed by atoms with van der Waals surface area (Å²) in [4.78, 5) is -0.119. The third kappa shape index (κ3) is 4.79. The van der Waals surface area contributed by atoms with E-state index in [1.165, 1.54) is 16.4 Å². The van der Waals surface area contributed by atoms with Gasteiger partial charge in [-0.15, -0.1) is 0 Å². The van der Waals surface area contributed by atoms with Crippen LogP contribution < -0.4 is 13.8 Å². The highest BCUT2D eigenvalue weighted by Crippen LogP contribution is 2.33. The molecule has 0 spiro atoms. The zero-order valence-corrected chi connectivity index (χ0v) is 18.6. The summed E-state index contributed by atoms with van der Waals surface area (Å²) in [5, 5.41) is 0.498. The number of halogens is 1. The number of nitrogens with zero attached hydrogens (tertiary/aromatic N) is 1. The van der Waals surface area contributed by atoms with Gasteiger partial charge in [0.25, 0.3) is 10.0 Å². The van der Waals surface area contributed by atoms with Gasteiger partial charge in [0, 0.05) is 11.6 Å². The Bertz CT molecular complexity index is 1120. The maximum Gasteiger partial charge on any atom is 0.265 e. The van der Waals surface area contributed by atoms with Gasteiger partial charge in [-0.05, 0) is 68.7 Å². The van der Waals surface area contributed by atoms with E-state index in [2.05, 4.69) is 4.72 Å². The lowest BCUT2D eigenvalue weighted by Crippen LogP contribution is -2.38. The van der Waals surface area contributed by atoms with E-state index in [4.69, 9.17) is 16.3 Å². The van der Waals surface area contributed by atoms with Crippen LogP contribution in [-0.2, 0) is 20.0 Å². The lowest BCUT2D eigenvalue weighted by Gasteiger charge is -2.29. The van der Waals surface area contributed by atoms with Crippen molar-refractivity contribution < 1.29 is 21.6 Å². The third-order valence-corrected chi connectivity index (χ3v) is 8.08. The molecule has 1 saturated heterocycles. The molecule has 1 heterocycles. The molecule has 0 aromatic heterocycles. The van der Waals surface area contributed by atoms with Crippen molar-refractivity contribution in [3.05, 3.63) is 47.0 Å². The minimum Gasteiger partial charge on any atom is -0.492 e. The Morgan fingerprint density at radius 2 is 1.93 bits per heavy atom. The van der Waals surface area contributed by atoms with Crippen molar-refractivity contribution in [3.8, 4) is 5.75 Å².